The number of benzene rings is 5. The first kappa shape index (κ1) is 39.1. The van der Waals surface area contributed by atoms with Crippen LogP contribution in [0.25, 0.3) is 0 Å². The molecule has 0 aromatic heterocycles. The van der Waals surface area contributed by atoms with Crippen LogP contribution in [0.4, 0.5) is 0 Å². The van der Waals surface area contributed by atoms with Crippen LogP contribution in [-0.2, 0) is 55.8 Å². The molecule has 1 heterocycles. The fourth-order valence-electron chi connectivity index (χ4n) is 6.90. The second-order valence-corrected chi connectivity index (χ2v) is 13.6. The summed E-state index contributed by atoms with van der Waals surface area (Å²) in [4.78, 5) is 8.00. The molecule has 272 valence electrons. The number of carbonyl (C=O) groups excluding carboxylic acids is 1. The van der Waals surface area contributed by atoms with E-state index in [1.54, 1.807) is 0 Å². The quantitative estimate of drug-likeness (QED) is 0.123. The van der Waals surface area contributed by atoms with Crippen molar-refractivity contribution in [3.63, 3.8) is 0 Å². The zero-order chi connectivity index (χ0) is 37.0. The molecule has 0 bridgehead atoms. The minimum Gasteiger partial charge on any atom is -0.368 e. The number of aryl methyl sites for hydroxylation is 1. The second kappa shape index (κ2) is 18.6. The van der Waals surface area contributed by atoms with E-state index in [1.807, 2.05) is 116 Å². The molecule has 1 N–H and O–H groups in total. The van der Waals surface area contributed by atoms with E-state index < -0.39 is 29.7 Å². The maximum absolute atomic E-state index is 13.1. The Labute approximate surface area is 313 Å². The number of ether oxygens (including phenoxy) is 4. The summed E-state index contributed by atoms with van der Waals surface area (Å²) in [6.45, 7) is 9.13. The highest BCUT2D eigenvalue weighted by atomic mass is 35.5. The third-order valence-electron chi connectivity index (χ3n) is 9.86. The number of hydrogen-bond donors (Lipinski definition) is 1. The summed E-state index contributed by atoms with van der Waals surface area (Å²) in [5, 5.41) is 13.8. The van der Waals surface area contributed by atoms with Crippen LogP contribution in [0.1, 0.15) is 65.6 Å². The number of rotatable bonds is 14. The first-order valence-corrected chi connectivity index (χ1v) is 18.2. The SMILES string of the molecule is C=O.CCC1(CC)OC(O)(c2ccc(Cl)c(Cc3ccc(C)cc3)c2)C(OCc2ccccc2)[C@@H](OCc2ccccc2)[C@@H]1OCc1ccccc1. The van der Waals surface area contributed by atoms with Crippen molar-refractivity contribution in [3.8, 4) is 0 Å². The molecular weight excluding hydrogens is 672 g/mol. The van der Waals surface area contributed by atoms with E-state index in [0.29, 0.717) is 43.1 Å². The van der Waals surface area contributed by atoms with Gasteiger partial charge in [-0.15, -0.1) is 0 Å². The van der Waals surface area contributed by atoms with E-state index in [-0.39, 0.29) is 6.61 Å². The van der Waals surface area contributed by atoms with E-state index >= 15 is 0 Å². The van der Waals surface area contributed by atoms with Crippen LogP contribution in [0, 0.1) is 6.92 Å². The first-order valence-electron chi connectivity index (χ1n) is 17.9. The highest BCUT2D eigenvalue weighted by Crippen LogP contribution is 2.48. The van der Waals surface area contributed by atoms with Crippen LogP contribution in [0.2, 0.25) is 5.02 Å². The lowest BCUT2D eigenvalue weighted by Gasteiger charge is -2.56. The third-order valence-corrected chi connectivity index (χ3v) is 10.2. The highest BCUT2D eigenvalue weighted by molar-refractivity contribution is 6.31. The van der Waals surface area contributed by atoms with Crippen LogP contribution >= 0.6 is 11.6 Å². The minimum absolute atomic E-state index is 0.239. The van der Waals surface area contributed by atoms with Gasteiger partial charge < -0.3 is 28.8 Å². The number of carbonyl (C=O) groups is 1. The Kier molecular flexibility index (Phi) is 14.0. The van der Waals surface area contributed by atoms with Gasteiger partial charge in [-0.2, -0.15) is 0 Å². The third kappa shape index (κ3) is 9.25. The van der Waals surface area contributed by atoms with Gasteiger partial charge in [-0.1, -0.05) is 152 Å². The Morgan fingerprint density at radius 1 is 0.654 bits per heavy atom. The van der Waals surface area contributed by atoms with Gasteiger partial charge in [-0.3, -0.25) is 0 Å². The van der Waals surface area contributed by atoms with E-state index in [1.165, 1.54) is 5.56 Å². The lowest BCUT2D eigenvalue weighted by atomic mass is 9.77. The molecular formula is C45H49ClO6. The van der Waals surface area contributed by atoms with Gasteiger partial charge in [0, 0.05) is 10.6 Å². The van der Waals surface area contributed by atoms with Gasteiger partial charge in [0.15, 0.2) is 0 Å². The predicted octanol–water partition coefficient (Wildman–Crippen LogP) is 9.54. The van der Waals surface area contributed by atoms with Gasteiger partial charge >= 0.3 is 0 Å². The molecule has 1 fully saturated rings. The summed E-state index contributed by atoms with van der Waals surface area (Å²) in [5.41, 5.74) is 5.87. The number of hydrogen-bond acceptors (Lipinski definition) is 6. The standard InChI is InChI=1S/C44H47ClO5.CH2O/c1-4-43(5-2)41(48-30-35-17-11-7-12-18-35)40(47-29-34-15-9-6-10-16-34)42(49-31-36-19-13-8-14-20-36)44(46,50-43)38-25-26-39(45)37(28-38)27-33-23-21-32(3)22-24-33;1-2/h6-26,28,40-42,46H,4-5,27,29-31H2,1-3H3;1H2/t40-,41-,42?,44?;/m0./s1. The van der Waals surface area contributed by atoms with Gasteiger partial charge in [0.05, 0.1) is 19.8 Å². The molecule has 6 rings (SSSR count). The van der Waals surface area contributed by atoms with Crippen LogP contribution in [-0.4, -0.2) is 35.8 Å². The zero-order valence-electron chi connectivity index (χ0n) is 30.2. The van der Waals surface area contributed by atoms with Crippen molar-refractivity contribution in [3.05, 3.63) is 177 Å². The Morgan fingerprint density at radius 3 is 1.63 bits per heavy atom. The summed E-state index contributed by atoms with van der Waals surface area (Å²) in [5.74, 6) is -1.90. The summed E-state index contributed by atoms with van der Waals surface area (Å²) < 4.78 is 27.6. The molecule has 1 aliphatic rings. The molecule has 5 aromatic carbocycles. The van der Waals surface area contributed by atoms with Gasteiger partial charge in [0.1, 0.15) is 30.7 Å². The zero-order valence-corrected chi connectivity index (χ0v) is 31.0. The van der Waals surface area contributed by atoms with Crippen LogP contribution in [0.15, 0.2) is 133 Å². The largest absolute Gasteiger partial charge is 0.368 e. The van der Waals surface area contributed by atoms with Crippen molar-refractivity contribution in [2.24, 2.45) is 0 Å². The smallest absolute Gasteiger partial charge is 0.223 e. The predicted molar refractivity (Wildman–Crippen MR) is 206 cm³/mol. The molecule has 1 aliphatic heterocycles. The molecule has 0 spiro atoms. The first-order chi connectivity index (χ1) is 25.3. The summed E-state index contributed by atoms with van der Waals surface area (Å²) in [6, 6.07) is 44.2. The second-order valence-electron chi connectivity index (χ2n) is 13.2. The van der Waals surface area contributed by atoms with Gasteiger partial charge in [-0.25, -0.2) is 0 Å². The van der Waals surface area contributed by atoms with Crippen LogP contribution in [0.3, 0.4) is 0 Å². The number of halogens is 1. The molecule has 52 heavy (non-hydrogen) atoms. The molecule has 0 radical (unpaired) electrons. The van der Waals surface area contributed by atoms with E-state index in [2.05, 4.69) is 45.0 Å². The molecule has 6 nitrogen and oxygen atoms in total. The van der Waals surface area contributed by atoms with Crippen LogP contribution in [0.5, 0.6) is 0 Å². The lowest BCUT2D eigenvalue weighted by molar-refractivity contribution is -0.404. The molecule has 1 saturated heterocycles. The lowest BCUT2D eigenvalue weighted by Crippen LogP contribution is -2.69. The summed E-state index contributed by atoms with van der Waals surface area (Å²) >= 11 is 6.82. The molecule has 4 atom stereocenters. The minimum atomic E-state index is -1.90. The van der Waals surface area contributed by atoms with Crippen molar-refractivity contribution in [1.82, 2.24) is 0 Å². The molecule has 0 amide bonds. The van der Waals surface area contributed by atoms with E-state index in [9.17, 15) is 5.11 Å². The fraction of sp³-hybridized carbons (Fsp3) is 0.311. The van der Waals surface area contributed by atoms with E-state index in [4.69, 9.17) is 35.3 Å². The van der Waals surface area contributed by atoms with Gasteiger partial charge in [0.2, 0.25) is 5.79 Å². The monoisotopic (exact) mass is 720 g/mol. The van der Waals surface area contributed by atoms with Crippen molar-refractivity contribution < 1.29 is 28.8 Å². The Bertz CT molecular complexity index is 1800. The Balaban J connectivity index is 0.00000257. The summed E-state index contributed by atoms with van der Waals surface area (Å²) in [6.07, 6.45) is -0.495. The topological polar surface area (TPSA) is 74.2 Å². The van der Waals surface area contributed by atoms with Gasteiger partial charge in [0.25, 0.3) is 0 Å². The molecule has 5 aromatic rings. The maximum atomic E-state index is 13.1. The highest BCUT2D eigenvalue weighted by Gasteiger charge is 2.62. The van der Waals surface area contributed by atoms with Crippen molar-refractivity contribution in [1.29, 1.82) is 0 Å². The number of aliphatic hydroxyl groups is 1. The Hall–Kier alpha value is -4.14. The normalized spacial score (nSPS) is 20.8. The van der Waals surface area contributed by atoms with Crippen molar-refractivity contribution in [2.45, 2.75) is 89.6 Å². The van der Waals surface area contributed by atoms with Gasteiger partial charge in [-0.05, 0) is 66.1 Å². The molecule has 0 saturated carbocycles. The molecule has 0 aliphatic carbocycles. The van der Waals surface area contributed by atoms with E-state index in [0.717, 1.165) is 27.8 Å². The van der Waals surface area contributed by atoms with Crippen LogP contribution < -0.4 is 0 Å². The maximum Gasteiger partial charge on any atom is 0.223 e. The summed E-state index contributed by atoms with van der Waals surface area (Å²) in [7, 11) is 0. The molecule has 2 unspecified atom stereocenters. The Morgan fingerprint density at radius 2 is 1.13 bits per heavy atom. The average molecular weight is 721 g/mol. The fourth-order valence-corrected chi connectivity index (χ4v) is 7.09. The van der Waals surface area contributed by atoms with Crippen molar-refractivity contribution >= 4 is 18.4 Å². The average Bonchev–Trinajstić information content (AvgIpc) is 3.19. The molecule has 7 heteroatoms. The van der Waals surface area contributed by atoms with Crippen molar-refractivity contribution in [2.75, 3.05) is 0 Å².